The number of rotatable bonds is 3. The Bertz CT molecular complexity index is 436. The van der Waals surface area contributed by atoms with Gasteiger partial charge in [0.25, 0.3) is 0 Å². The lowest BCUT2D eigenvalue weighted by atomic mass is 10.1. The summed E-state index contributed by atoms with van der Waals surface area (Å²) in [6.45, 7) is 0.227. The highest BCUT2D eigenvalue weighted by atomic mass is 35.5. The number of aryl methyl sites for hydroxylation is 1. The third kappa shape index (κ3) is 1.63. The molecule has 0 unspecified atom stereocenters. The zero-order valence-electron chi connectivity index (χ0n) is 7.76. The number of nitrogens with one attached hydrogen (secondary N) is 1. The fourth-order valence-electron chi connectivity index (χ4n) is 1.66. The molecule has 0 amide bonds. The first-order valence-electron chi connectivity index (χ1n) is 4.68. The van der Waals surface area contributed by atoms with Gasteiger partial charge in [0.05, 0.1) is 10.5 Å². The van der Waals surface area contributed by atoms with Crippen LogP contribution in [0, 0.1) is 0 Å². The van der Waals surface area contributed by atoms with Crippen molar-refractivity contribution in [1.29, 1.82) is 0 Å². The van der Waals surface area contributed by atoms with E-state index in [9.17, 15) is 0 Å². The van der Waals surface area contributed by atoms with Gasteiger partial charge < -0.3 is 10.1 Å². The lowest BCUT2D eigenvalue weighted by Gasteiger charge is -2.01. The van der Waals surface area contributed by atoms with E-state index in [2.05, 4.69) is 11.1 Å². The Morgan fingerprint density at radius 1 is 1.36 bits per heavy atom. The number of aliphatic hydroxyl groups is 1. The van der Waals surface area contributed by atoms with E-state index in [1.807, 2.05) is 12.1 Å². The fraction of sp³-hybridized carbons (Fsp3) is 0.273. The maximum Gasteiger partial charge on any atom is 0.0659 e. The van der Waals surface area contributed by atoms with Crippen LogP contribution < -0.4 is 0 Å². The summed E-state index contributed by atoms with van der Waals surface area (Å²) in [7, 11) is 0. The molecule has 0 saturated carbocycles. The van der Waals surface area contributed by atoms with Crippen molar-refractivity contribution >= 4 is 22.5 Å². The molecule has 1 aromatic carbocycles. The highest BCUT2D eigenvalue weighted by molar-refractivity contribution is 6.35. The van der Waals surface area contributed by atoms with Gasteiger partial charge in [-0.25, -0.2) is 0 Å². The molecule has 0 bridgehead atoms. The predicted molar refractivity (Wildman–Crippen MR) is 58.7 cm³/mol. The van der Waals surface area contributed by atoms with E-state index in [-0.39, 0.29) is 6.61 Å². The number of H-pyrrole nitrogens is 1. The summed E-state index contributed by atoms with van der Waals surface area (Å²) in [6, 6.07) is 6.05. The van der Waals surface area contributed by atoms with Crippen molar-refractivity contribution in [2.75, 3.05) is 6.61 Å². The van der Waals surface area contributed by atoms with Crippen molar-refractivity contribution in [1.82, 2.24) is 4.98 Å². The van der Waals surface area contributed by atoms with Crippen LogP contribution in [0.15, 0.2) is 24.4 Å². The van der Waals surface area contributed by atoms with E-state index in [1.165, 1.54) is 5.56 Å². The Hall–Kier alpha value is -0.990. The smallest absolute Gasteiger partial charge is 0.0659 e. The van der Waals surface area contributed by atoms with Gasteiger partial charge in [-0.3, -0.25) is 0 Å². The molecular weight excluding hydrogens is 198 g/mol. The number of hydrogen-bond acceptors (Lipinski definition) is 1. The van der Waals surface area contributed by atoms with Gasteiger partial charge in [0.2, 0.25) is 0 Å². The minimum atomic E-state index is 0.227. The summed E-state index contributed by atoms with van der Waals surface area (Å²) in [5.74, 6) is 0. The maximum absolute atomic E-state index is 8.77. The van der Waals surface area contributed by atoms with E-state index in [1.54, 1.807) is 6.20 Å². The minimum Gasteiger partial charge on any atom is -0.396 e. The average Bonchev–Trinajstić information content (AvgIpc) is 2.58. The molecule has 2 nitrogen and oxygen atoms in total. The van der Waals surface area contributed by atoms with Crippen molar-refractivity contribution in [3.63, 3.8) is 0 Å². The Labute approximate surface area is 87.5 Å². The number of hydrogen-bond donors (Lipinski definition) is 2. The monoisotopic (exact) mass is 209 g/mol. The standard InChI is InChI=1S/C11H12ClNO/c12-10-7-13-11-8(4-2-6-14)3-1-5-9(10)11/h1,3,5,7,13-14H,2,4,6H2. The molecular formula is C11H12ClNO. The van der Waals surface area contributed by atoms with Crippen molar-refractivity contribution in [3.05, 3.63) is 35.0 Å². The lowest BCUT2D eigenvalue weighted by Crippen LogP contribution is -1.90. The Kier molecular flexibility index (Phi) is 2.75. The first kappa shape index (κ1) is 9.56. The molecule has 3 heteroatoms. The average molecular weight is 210 g/mol. The third-order valence-electron chi connectivity index (χ3n) is 2.36. The second-order valence-electron chi connectivity index (χ2n) is 3.30. The molecule has 1 heterocycles. The van der Waals surface area contributed by atoms with Crippen LogP contribution in [0.3, 0.4) is 0 Å². The number of fused-ring (bicyclic) bond motifs is 1. The number of aromatic amines is 1. The van der Waals surface area contributed by atoms with Crippen LogP contribution in [0.5, 0.6) is 0 Å². The third-order valence-corrected chi connectivity index (χ3v) is 2.67. The van der Waals surface area contributed by atoms with E-state index in [0.29, 0.717) is 0 Å². The first-order chi connectivity index (χ1) is 6.83. The molecule has 0 fully saturated rings. The molecule has 74 valence electrons. The van der Waals surface area contributed by atoms with Crippen molar-refractivity contribution in [2.24, 2.45) is 0 Å². The lowest BCUT2D eigenvalue weighted by molar-refractivity contribution is 0.289. The molecule has 14 heavy (non-hydrogen) atoms. The summed E-state index contributed by atoms with van der Waals surface area (Å²) in [6.07, 6.45) is 3.47. The fourth-order valence-corrected chi connectivity index (χ4v) is 1.87. The molecule has 2 rings (SSSR count). The Morgan fingerprint density at radius 2 is 2.21 bits per heavy atom. The Morgan fingerprint density at radius 3 is 3.00 bits per heavy atom. The van der Waals surface area contributed by atoms with E-state index < -0.39 is 0 Å². The van der Waals surface area contributed by atoms with Crippen LogP contribution in [0.2, 0.25) is 5.02 Å². The topological polar surface area (TPSA) is 36.0 Å². The summed E-state index contributed by atoms with van der Waals surface area (Å²) < 4.78 is 0. The molecule has 0 aliphatic heterocycles. The van der Waals surface area contributed by atoms with Crippen LogP contribution in [0.1, 0.15) is 12.0 Å². The Balaban J connectivity index is 2.44. The zero-order chi connectivity index (χ0) is 9.97. The molecule has 0 aliphatic carbocycles. The van der Waals surface area contributed by atoms with E-state index in [0.717, 1.165) is 28.8 Å². The molecule has 1 aromatic heterocycles. The number of para-hydroxylation sites is 1. The highest BCUT2D eigenvalue weighted by Crippen LogP contribution is 2.25. The predicted octanol–water partition coefficient (Wildman–Crippen LogP) is 2.75. The molecule has 0 radical (unpaired) electrons. The van der Waals surface area contributed by atoms with Crippen LogP contribution in [0.25, 0.3) is 10.9 Å². The van der Waals surface area contributed by atoms with Crippen LogP contribution >= 0.6 is 11.6 Å². The number of aromatic nitrogens is 1. The van der Waals surface area contributed by atoms with Gasteiger partial charge in [-0.2, -0.15) is 0 Å². The number of aliphatic hydroxyl groups excluding tert-OH is 1. The van der Waals surface area contributed by atoms with Gasteiger partial charge in [-0.15, -0.1) is 0 Å². The minimum absolute atomic E-state index is 0.227. The SMILES string of the molecule is OCCCc1cccc2c(Cl)c[nH]c12. The van der Waals surface area contributed by atoms with Crippen molar-refractivity contribution in [2.45, 2.75) is 12.8 Å². The largest absolute Gasteiger partial charge is 0.396 e. The van der Waals surface area contributed by atoms with Gasteiger partial charge in [0, 0.05) is 18.2 Å². The van der Waals surface area contributed by atoms with Crippen LogP contribution in [-0.2, 0) is 6.42 Å². The van der Waals surface area contributed by atoms with Crippen LogP contribution in [0.4, 0.5) is 0 Å². The van der Waals surface area contributed by atoms with Crippen molar-refractivity contribution in [3.8, 4) is 0 Å². The molecule has 0 saturated heterocycles. The number of halogens is 1. The van der Waals surface area contributed by atoms with Crippen molar-refractivity contribution < 1.29 is 5.11 Å². The van der Waals surface area contributed by atoms with E-state index in [4.69, 9.17) is 16.7 Å². The molecule has 2 aromatic rings. The molecule has 0 aliphatic rings. The molecule has 2 N–H and O–H groups in total. The summed E-state index contributed by atoms with van der Waals surface area (Å²) in [5, 5.41) is 10.6. The van der Waals surface area contributed by atoms with E-state index >= 15 is 0 Å². The molecule has 0 spiro atoms. The zero-order valence-corrected chi connectivity index (χ0v) is 8.51. The summed E-state index contributed by atoms with van der Waals surface area (Å²) in [5.41, 5.74) is 2.30. The first-order valence-corrected chi connectivity index (χ1v) is 5.06. The summed E-state index contributed by atoms with van der Waals surface area (Å²) >= 11 is 6.00. The second-order valence-corrected chi connectivity index (χ2v) is 3.71. The van der Waals surface area contributed by atoms with Gasteiger partial charge in [0.1, 0.15) is 0 Å². The molecule has 0 atom stereocenters. The summed E-state index contributed by atoms with van der Waals surface area (Å²) in [4.78, 5) is 3.15. The highest BCUT2D eigenvalue weighted by Gasteiger charge is 2.04. The van der Waals surface area contributed by atoms with Crippen LogP contribution in [-0.4, -0.2) is 16.7 Å². The van der Waals surface area contributed by atoms with Gasteiger partial charge >= 0.3 is 0 Å². The van der Waals surface area contributed by atoms with Gasteiger partial charge in [0.15, 0.2) is 0 Å². The van der Waals surface area contributed by atoms with Gasteiger partial charge in [-0.1, -0.05) is 29.8 Å². The number of benzene rings is 1. The maximum atomic E-state index is 8.77. The normalized spacial score (nSPS) is 11.0. The van der Waals surface area contributed by atoms with Gasteiger partial charge in [-0.05, 0) is 18.4 Å². The quantitative estimate of drug-likeness (QED) is 0.801. The second kappa shape index (κ2) is 4.03.